The fourth-order valence-corrected chi connectivity index (χ4v) is 5.07. The summed E-state index contributed by atoms with van der Waals surface area (Å²) in [5.41, 5.74) is 4.66. The summed E-state index contributed by atoms with van der Waals surface area (Å²) in [4.78, 5) is 32.3. The number of fused-ring (bicyclic) bond motifs is 1. The van der Waals surface area contributed by atoms with Crippen LogP contribution >= 0.6 is 0 Å². The lowest BCUT2D eigenvalue weighted by Gasteiger charge is -2.24. The number of rotatable bonds is 11. The van der Waals surface area contributed by atoms with Crippen LogP contribution < -0.4 is 15.5 Å². The maximum atomic E-state index is 13.7. The summed E-state index contributed by atoms with van der Waals surface area (Å²) in [7, 11) is 1.56. The summed E-state index contributed by atoms with van der Waals surface area (Å²) < 4.78 is 21.7. The minimum Gasteiger partial charge on any atom is -0.455 e. The number of aryl methyl sites for hydroxylation is 1. The number of halogens is 1. The Bertz CT molecular complexity index is 1690. The third-order valence-electron chi connectivity index (χ3n) is 7.22. The van der Waals surface area contributed by atoms with E-state index >= 15 is 0 Å². The minimum atomic E-state index is -0.374. The summed E-state index contributed by atoms with van der Waals surface area (Å²) in [6.45, 7) is 6.79. The van der Waals surface area contributed by atoms with Gasteiger partial charge in [-0.25, -0.2) is 9.37 Å². The van der Waals surface area contributed by atoms with Crippen molar-refractivity contribution in [2.45, 2.75) is 26.8 Å². The molecule has 0 saturated carbocycles. The second kappa shape index (κ2) is 12.7. The Kier molecular flexibility index (Phi) is 8.61. The van der Waals surface area contributed by atoms with Gasteiger partial charge in [0.05, 0.1) is 5.56 Å². The van der Waals surface area contributed by atoms with Gasteiger partial charge in [-0.05, 0) is 68.3 Å². The molecule has 0 atom stereocenters. The number of nitrogens with one attached hydrogen (secondary N) is 2. The van der Waals surface area contributed by atoms with Crippen molar-refractivity contribution in [2.24, 2.45) is 0 Å². The topological polar surface area (TPSA) is 105 Å². The van der Waals surface area contributed by atoms with Gasteiger partial charge in [0, 0.05) is 67.1 Å². The fourth-order valence-electron chi connectivity index (χ4n) is 5.07. The van der Waals surface area contributed by atoms with Crippen LogP contribution in [0.5, 0.6) is 0 Å². The Balaban J connectivity index is 1.55. The van der Waals surface area contributed by atoms with Gasteiger partial charge in [0.1, 0.15) is 29.8 Å². The standard InChI is InChI=1S/C32H33FN6O3/c1-4-38(5-2)27-18-28-26(29(32(41)34-3)30(42-28)21-10-12-24(33)13-11-21)17-25(27)22-8-6-9-23(16-22)31(40)36-14-7-15-39-20-35-19-37-39/h6,8-13,16-20H,4-5,7,14-15H2,1-3H3,(H,34,41)(H,36,40). The highest BCUT2D eigenvalue weighted by Crippen LogP contribution is 2.41. The molecule has 2 N–H and O–H groups in total. The third-order valence-corrected chi connectivity index (χ3v) is 7.22. The van der Waals surface area contributed by atoms with E-state index in [1.807, 2.05) is 30.3 Å². The molecule has 2 aromatic heterocycles. The van der Waals surface area contributed by atoms with Crippen LogP contribution in [0.2, 0.25) is 0 Å². The van der Waals surface area contributed by atoms with E-state index in [2.05, 4.69) is 39.5 Å². The maximum Gasteiger partial charge on any atom is 0.255 e. The first kappa shape index (κ1) is 28.5. The molecule has 0 fully saturated rings. The Morgan fingerprint density at radius 1 is 1.00 bits per heavy atom. The molecule has 42 heavy (non-hydrogen) atoms. The molecule has 0 spiro atoms. The zero-order valence-corrected chi connectivity index (χ0v) is 23.9. The molecule has 0 bridgehead atoms. The smallest absolute Gasteiger partial charge is 0.255 e. The number of anilines is 1. The van der Waals surface area contributed by atoms with Crippen molar-refractivity contribution in [1.82, 2.24) is 25.4 Å². The van der Waals surface area contributed by atoms with Crippen molar-refractivity contribution in [2.75, 3.05) is 31.6 Å². The fraction of sp³-hybridized carbons (Fsp3) is 0.250. The van der Waals surface area contributed by atoms with Crippen LogP contribution in [0.1, 0.15) is 41.0 Å². The van der Waals surface area contributed by atoms with E-state index in [-0.39, 0.29) is 17.6 Å². The van der Waals surface area contributed by atoms with Crippen molar-refractivity contribution in [3.63, 3.8) is 0 Å². The van der Waals surface area contributed by atoms with Crippen LogP contribution in [0.25, 0.3) is 33.4 Å². The van der Waals surface area contributed by atoms with Crippen LogP contribution in [-0.2, 0) is 6.54 Å². The van der Waals surface area contributed by atoms with E-state index in [0.29, 0.717) is 46.5 Å². The predicted molar refractivity (Wildman–Crippen MR) is 161 cm³/mol. The number of nitrogens with zero attached hydrogens (tertiary/aromatic N) is 4. The van der Waals surface area contributed by atoms with Crippen molar-refractivity contribution < 1.29 is 18.4 Å². The summed E-state index contributed by atoms with van der Waals surface area (Å²) in [6, 6.07) is 17.2. The van der Waals surface area contributed by atoms with Gasteiger partial charge in [0.25, 0.3) is 11.8 Å². The second-order valence-corrected chi connectivity index (χ2v) is 9.78. The quantitative estimate of drug-likeness (QED) is 0.203. The first-order valence-corrected chi connectivity index (χ1v) is 14.0. The van der Waals surface area contributed by atoms with E-state index in [1.54, 1.807) is 36.3 Å². The molecule has 216 valence electrons. The number of hydrogen-bond acceptors (Lipinski definition) is 6. The van der Waals surface area contributed by atoms with Crippen molar-refractivity contribution >= 4 is 28.5 Å². The molecule has 0 aliphatic heterocycles. The highest BCUT2D eigenvalue weighted by atomic mass is 19.1. The molecule has 0 saturated heterocycles. The van der Waals surface area contributed by atoms with Crippen molar-refractivity contribution in [1.29, 1.82) is 0 Å². The Morgan fingerprint density at radius 3 is 2.48 bits per heavy atom. The van der Waals surface area contributed by atoms with Crippen molar-refractivity contribution in [3.8, 4) is 22.5 Å². The molecule has 2 amide bonds. The average Bonchev–Trinajstić information content (AvgIpc) is 3.67. The highest BCUT2D eigenvalue weighted by Gasteiger charge is 2.24. The average molecular weight is 569 g/mol. The number of hydrogen-bond donors (Lipinski definition) is 2. The Labute approximate surface area is 243 Å². The molecular formula is C32H33FN6O3. The first-order valence-electron chi connectivity index (χ1n) is 14.0. The molecule has 5 aromatic rings. The first-order chi connectivity index (χ1) is 20.4. The summed E-state index contributed by atoms with van der Waals surface area (Å²) >= 11 is 0. The molecule has 0 unspecified atom stereocenters. The van der Waals surface area contributed by atoms with Gasteiger partial charge in [-0.1, -0.05) is 12.1 Å². The minimum absolute atomic E-state index is 0.172. The van der Waals surface area contributed by atoms with E-state index in [9.17, 15) is 14.0 Å². The molecule has 3 aromatic carbocycles. The van der Waals surface area contributed by atoms with Crippen LogP contribution in [-0.4, -0.2) is 53.3 Å². The van der Waals surface area contributed by atoms with E-state index < -0.39 is 0 Å². The van der Waals surface area contributed by atoms with Crippen LogP contribution in [0.3, 0.4) is 0 Å². The van der Waals surface area contributed by atoms with Crippen LogP contribution in [0, 0.1) is 5.82 Å². The number of benzene rings is 3. The molecule has 0 aliphatic carbocycles. The molecule has 10 heteroatoms. The second-order valence-electron chi connectivity index (χ2n) is 9.78. The molecule has 0 aliphatic rings. The van der Waals surface area contributed by atoms with Crippen molar-refractivity contribution in [3.05, 3.63) is 90.3 Å². The summed E-state index contributed by atoms with van der Waals surface area (Å²) in [5, 5.41) is 10.4. The van der Waals surface area contributed by atoms with E-state index in [1.165, 1.54) is 18.5 Å². The predicted octanol–water partition coefficient (Wildman–Crippen LogP) is 5.52. The van der Waals surface area contributed by atoms with Gasteiger partial charge >= 0.3 is 0 Å². The van der Waals surface area contributed by atoms with Gasteiger partial charge in [0.15, 0.2) is 0 Å². The normalized spacial score (nSPS) is 11.0. The lowest BCUT2D eigenvalue weighted by atomic mass is 9.96. The maximum absolute atomic E-state index is 13.7. The van der Waals surface area contributed by atoms with Crippen LogP contribution in [0.15, 0.2) is 77.7 Å². The number of carbonyl (C=O) groups is 2. The number of furan rings is 1. The number of aromatic nitrogens is 3. The van der Waals surface area contributed by atoms with Gasteiger partial charge in [-0.15, -0.1) is 0 Å². The monoisotopic (exact) mass is 568 g/mol. The Hall–Kier alpha value is -4.99. The van der Waals surface area contributed by atoms with Gasteiger partial charge in [-0.3, -0.25) is 14.3 Å². The zero-order valence-electron chi connectivity index (χ0n) is 23.9. The SMILES string of the molecule is CCN(CC)c1cc2oc(-c3ccc(F)cc3)c(C(=O)NC)c2cc1-c1cccc(C(=O)NCCCn2cncn2)c1. The largest absolute Gasteiger partial charge is 0.455 e. The molecule has 9 nitrogen and oxygen atoms in total. The summed E-state index contributed by atoms with van der Waals surface area (Å²) in [6.07, 6.45) is 3.85. The highest BCUT2D eigenvalue weighted by molar-refractivity contribution is 6.13. The molecule has 5 rings (SSSR count). The van der Waals surface area contributed by atoms with Gasteiger partial charge in [-0.2, -0.15) is 5.10 Å². The lowest BCUT2D eigenvalue weighted by Crippen LogP contribution is -2.25. The van der Waals surface area contributed by atoms with E-state index in [4.69, 9.17) is 4.42 Å². The number of carbonyl (C=O) groups excluding carboxylic acids is 2. The van der Waals surface area contributed by atoms with Crippen LogP contribution in [0.4, 0.5) is 10.1 Å². The summed E-state index contributed by atoms with van der Waals surface area (Å²) in [5.74, 6) is -0.491. The third kappa shape index (κ3) is 5.88. The van der Waals surface area contributed by atoms with E-state index in [0.717, 1.165) is 36.3 Å². The lowest BCUT2D eigenvalue weighted by molar-refractivity contribution is 0.0948. The molecule has 0 radical (unpaired) electrons. The molecular weight excluding hydrogens is 535 g/mol. The van der Waals surface area contributed by atoms with Gasteiger partial charge < -0.3 is 20.0 Å². The molecule has 2 heterocycles. The Morgan fingerprint density at radius 2 is 1.79 bits per heavy atom. The van der Waals surface area contributed by atoms with Gasteiger partial charge in [0.2, 0.25) is 0 Å². The zero-order chi connectivity index (χ0) is 29.6. The number of amides is 2.